The molecule has 4 rings (SSSR count). The zero-order chi connectivity index (χ0) is 25.0. The fourth-order valence-corrected chi connectivity index (χ4v) is 6.11. The van der Waals surface area contributed by atoms with Crippen LogP contribution in [0.2, 0.25) is 0 Å². The second-order valence-electron chi connectivity index (χ2n) is 11.2. The van der Waals surface area contributed by atoms with Crippen molar-refractivity contribution in [2.24, 2.45) is 11.3 Å². The molecule has 0 aromatic heterocycles. The predicted octanol–water partition coefficient (Wildman–Crippen LogP) is 3.22. The van der Waals surface area contributed by atoms with Crippen molar-refractivity contribution in [1.29, 1.82) is 0 Å². The fraction of sp³-hybridized carbons (Fsp3) is 0.720. The standard InChI is InChI=1S/C25H41N3O5S/c1-24(2,3)33-23(29)27-11-14-34(30,31)13-6-12-32-21-9-7-20(8-10-21)28-18-19-15-25(4,5)22(28)17-26-16-19/h7-10,19,22,26H,6,11-18H2,1-5H3,(H,27,29)/t19-,22?/m1/s1. The van der Waals surface area contributed by atoms with Crippen LogP contribution >= 0.6 is 0 Å². The third-order valence-electron chi connectivity index (χ3n) is 6.44. The summed E-state index contributed by atoms with van der Waals surface area (Å²) in [5.41, 5.74) is 0.869. The number of fused-ring (bicyclic) bond motifs is 4. The molecule has 0 radical (unpaired) electrons. The highest BCUT2D eigenvalue weighted by Crippen LogP contribution is 2.41. The van der Waals surface area contributed by atoms with E-state index in [1.807, 2.05) is 12.1 Å². The maximum absolute atomic E-state index is 12.2. The van der Waals surface area contributed by atoms with Crippen molar-refractivity contribution in [2.75, 3.05) is 49.2 Å². The number of rotatable bonds is 9. The Balaban J connectivity index is 1.41. The minimum atomic E-state index is -3.28. The molecule has 3 heterocycles. The van der Waals surface area contributed by atoms with Gasteiger partial charge in [-0.1, -0.05) is 13.8 Å². The van der Waals surface area contributed by atoms with E-state index in [0.29, 0.717) is 25.0 Å². The first-order valence-corrected chi connectivity index (χ1v) is 14.0. The average Bonchev–Trinajstić information content (AvgIpc) is 3.00. The van der Waals surface area contributed by atoms with Gasteiger partial charge in [0.25, 0.3) is 0 Å². The second kappa shape index (κ2) is 10.7. The molecule has 8 nitrogen and oxygen atoms in total. The van der Waals surface area contributed by atoms with E-state index < -0.39 is 21.5 Å². The first-order chi connectivity index (χ1) is 15.8. The molecule has 9 heteroatoms. The molecule has 1 aromatic carbocycles. The first kappa shape index (κ1) is 26.6. The minimum absolute atomic E-state index is 0.0139. The molecule has 1 aromatic rings. The molecule has 0 saturated carbocycles. The highest BCUT2D eigenvalue weighted by atomic mass is 32.2. The van der Waals surface area contributed by atoms with Gasteiger partial charge in [0.05, 0.1) is 18.1 Å². The van der Waals surface area contributed by atoms with Crippen molar-refractivity contribution >= 4 is 21.6 Å². The molecule has 0 spiro atoms. The number of benzene rings is 1. The Morgan fingerprint density at radius 1 is 1.18 bits per heavy atom. The van der Waals surface area contributed by atoms with E-state index >= 15 is 0 Å². The lowest BCUT2D eigenvalue weighted by Crippen LogP contribution is -2.53. The van der Waals surface area contributed by atoms with Gasteiger partial charge in [0.2, 0.25) is 0 Å². The van der Waals surface area contributed by atoms with Crippen LogP contribution in [-0.2, 0) is 14.6 Å². The second-order valence-corrected chi connectivity index (χ2v) is 13.5. The van der Waals surface area contributed by atoms with Crippen molar-refractivity contribution in [2.45, 2.75) is 59.1 Å². The summed E-state index contributed by atoms with van der Waals surface area (Å²) in [4.78, 5) is 14.1. The highest BCUT2D eigenvalue weighted by Gasteiger charge is 2.43. The zero-order valence-corrected chi connectivity index (χ0v) is 22.0. The molecule has 3 saturated heterocycles. The molecule has 2 atom stereocenters. The first-order valence-electron chi connectivity index (χ1n) is 12.2. The summed E-state index contributed by atoms with van der Waals surface area (Å²) in [6.07, 6.45) is 1.04. The van der Waals surface area contributed by atoms with E-state index in [1.54, 1.807) is 20.8 Å². The number of hydrogen-bond donors (Lipinski definition) is 2. The van der Waals surface area contributed by atoms with Gasteiger partial charge < -0.3 is 25.0 Å². The van der Waals surface area contributed by atoms with E-state index in [0.717, 1.165) is 25.4 Å². The molecule has 192 valence electrons. The van der Waals surface area contributed by atoms with Gasteiger partial charge in [-0.3, -0.25) is 0 Å². The van der Waals surface area contributed by atoms with Gasteiger partial charge in [-0.15, -0.1) is 0 Å². The van der Waals surface area contributed by atoms with Gasteiger partial charge in [0.15, 0.2) is 9.84 Å². The van der Waals surface area contributed by atoms with Gasteiger partial charge in [-0.05, 0) is 75.8 Å². The number of nitrogens with one attached hydrogen (secondary N) is 2. The van der Waals surface area contributed by atoms with Crippen LogP contribution in [0.4, 0.5) is 10.5 Å². The monoisotopic (exact) mass is 495 g/mol. The van der Waals surface area contributed by atoms with Crippen molar-refractivity contribution in [3.05, 3.63) is 24.3 Å². The van der Waals surface area contributed by atoms with Crippen molar-refractivity contribution in [3.63, 3.8) is 0 Å². The van der Waals surface area contributed by atoms with Gasteiger partial charge >= 0.3 is 6.09 Å². The number of anilines is 1. The molecule has 3 aliphatic rings. The Kier molecular flexibility index (Phi) is 8.39. The van der Waals surface area contributed by atoms with Crippen molar-refractivity contribution < 1.29 is 22.7 Å². The number of sulfone groups is 1. The van der Waals surface area contributed by atoms with E-state index in [2.05, 4.69) is 41.5 Å². The highest BCUT2D eigenvalue weighted by molar-refractivity contribution is 7.91. The molecule has 3 fully saturated rings. The molecular weight excluding hydrogens is 454 g/mol. The molecule has 0 aliphatic carbocycles. The van der Waals surface area contributed by atoms with Crippen molar-refractivity contribution in [3.8, 4) is 5.75 Å². The molecule has 2 N–H and O–H groups in total. The minimum Gasteiger partial charge on any atom is -0.494 e. The summed E-state index contributed by atoms with van der Waals surface area (Å²) in [6.45, 7) is 13.5. The summed E-state index contributed by atoms with van der Waals surface area (Å²) in [5.74, 6) is 1.29. The van der Waals surface area contributed by atoms with Crippen LogP contribution in [0.15, 0.2) is 24.3 Å². The number of amides is 1. The topological polar surface area (TPSA) is 97.0 Å². The number of hydrogen-bond acceptors (Lipinski definition) is 7. The number of carbonyl (C=O) groups is 1. The maximum Gasteiger partial charge on any atom is 0.407 e. The number of alkyl carbamates (subject to hydrolysis) is 1. The molecule has 1 amide bonds. The third-order valence-corrected chi connectivity index (χ3v) is 8.17. The summed E-state index contributed by atoms with van der Waals surface area (Å²) in [5, 5.41) is 6.09. The summed E-state index contributed by atoms with van der Waals surface area (Å²) in [7, 11) is -3.28. The van der Waals surface area contributed by atoms with Crippen LogP contribution in [0, 0.1) is 11.3 Å². The number of ether oxygens (including phenoxy) is 2. The van der Waals surface area contributed by atoms with Crippen LogP contribution in [0.25, 0.3) is 0 Å². The molecule has 3 aliphatic heterocycles. The molecule has 2 bridgehead atoms. The van der Waals surface area contributed by atoms with Crippen LogP contribution in [-0.4, -0.2) is 70.4 Å². The van der Waals surface area contributed by atoms with Gasteiger partial charge in [-0.2, -0.15) is 0 Å². The van der Waals surface area contributed by atoms with Crippen LogP contribution in [0.3, 0.4) is 0 Å². The predicted molar refractivity (Wildman–Crippen MR) is 135 cm³/mol. The third kappa shape index (κ3) is 7.77. The smallest absolute Gasteiger partial charge is 0.407 e. The number of piperidine rings is 1. The van der Waals surface area contributed by atoms with Crippen LogP contribution in [0.5, 0.6) is 5.75 Å². The van der Waals surface area contributed by atoms with Crippen LogP contribution < -0.4 is 20.3 Å². The normalized spacial score (nSPS) is 22.2. The number of nitrogens with zero attached hydrogens (tertiary/aromatic N) is 1. The molecule has 34 heavy (non-hydrogen) atoms. The fourth-order valence-electron chi connectivity index (χ4n) is 4.93. The van der Waals surface area contributed by atoms with Gasteiger partial charge in [0, 0.05) is 31.4 Å². The quantitative estimate of drug-likeness (QED) is 0.508. The van der Waals surface area contributed by atoms with E-state index in [-0.39, 0.29) is 23.5 Å². The Labute approximate surface area is 204 Å². The Morgan fingerprint density at radius 2 is 1.88 bits per heavy atom. The Morgan fingerprint density at radius 3 is 2.56 bits per heavy atom. The summed E-state index contributed by atoms with van der Waals surface area (Å²) < 4.78 is 35.3. The maximum atomic E-state index is 12.2. The lowest BCUT2D eigenvalue weighted by Gasteiger charge is -2.48. The SMILES string of the molecule is CC(C)(C)OC(=O)NCCS(=O)(=O)CCCOc1ccc(N2C[C@H]3CNCC2C(C)(C)C3)cc1. The molecule has 1 unspecified atom stereocenters. The van der Waals surface area contributed by atoms with E-state index in [4.69, 9.17) is 9.47 Å². The average molecular weight is 496 g/mol. The lowest BCUT2D eigenvalue weighted by atomic mass is 9.73. The zero-order valence-electron chi connectivity index (χ0n) is 21.2. The lowest BCUT2D eigenvalue weighted by molar-refractivity contribution is 0.0531. The van der Waals surface area contributed by atoms with Gasteiger partial charge in [0.1, 0.15) is 11.4 Å². The largest absolute Gasteiger partial charge is 0.494 e. The molecular formula is C25H41N3O5S. The Hall–Kier alpha value is -2.00. The van der Waals surface area contributed by atoms with E-state index in [1.165, 1.54) is 12.1 Å². The van der Waals surface area contributed by atoms with E-state index in [9.17, 15) is 13.2 Å². The summed E-state index contributed by atoms with van der Waals surface area (Å²) >= 11 is 0. The van der Waals surface area contributed by atoms with Gasteiger partial charge in [-0.25, -0.2) is 13.2 Å². The Bertz CT molecular complexity index is 925. The number of carbonyl (C=O) groups excluding carboxylic acids is 1. The summed E-state index contributed by atoms with van der Waals surface area (Å²) in [6, 6.07) is 8.60. The van der Waals surface area contributed by atoms with Crippen molar-refractivity contribution in [1.82, 2.24) is 10.6 Å². The van der Waals surface area contributed by atoms with Crippen LogP contribution in [0.1, 0.15) is 47.5 Å².